The van der Waals surface area contributed by atoms with Crippen molar-refractivity contribution in [1.82, 2.24) is 4.90 Å². The molecule has 2 rings (SSSR count). The van der Waals surface area contributed by atoms with E-state index in [2.05, 4.69) is 0 Å². The minimum Gasteiger partial charge on any atom is -0.338 e. The van der Waals surface area contributed by atoms with Gasteiger partial charge in [0.05, 0.1) is 4.88 Å². The van der Waals surface area contributed by atoms with Gasteiger partial charge in [-0.15, -0.1) is 11.3 Å². The average molecular weight is 210 g/mol. The first-order chi connectivity index (χ1) is 6.81. The Balaban J connectivity index is 2.00. The van der Waals surface area contributed by atoms with Gasteiger partial charge in [-0.1, -0.05) is 6.07 Å². The Bertz CT molecular complexity index is 310. The standard InChI is InChI=1S/C10H14N2OS/c11-6-8-3-4-12(7-8)10(13)9-2-1-5-14-9/h1-2,5,8H,3-4,6-7,11H2. The van der Waals surface area contributed by atoms with E-state index in [-0.39, 0.29) is 5.91 Å². The molecule has 1 unspecified atom stereocenters. The lowest BCUT2D eigenvalue weighted by atomic mass is 10.1. The molecule has 1 aromatic heterocycles. The number of amides is 1. The molecule has 76 valence electrons. The summed E-state index contributed by atoms with van der Waals surface area (Å²) < 4.78 is 0. The van der Waals surface area contributed by atoms with Crippen LogP contribution < -0.4 is 5.73 Å². The highest BCUT2D eigenvalue weighted by Gasteiger charge is 2.26. The third kappa shape index (κ3) is 1.81. The Morgan fingerprint density at radius 1 is 1.71 bits per heavy atom. The molecule has 0 radical (unpaired) electrons. The van der Waals surface area contributed by atoms with Gasteiger partial charge in [0.1, 0.15) is 0 Å². The molecule has 0 saturated carbocycles. The zero-order valence-corrected chi connectivity index (χ0v) is 8.80. The second kappa shape index (κ2) is 4.11. The second-order valence-corrected chi connectivity index (χ2v) is 4.57. The van der Waals surface area contributed by atoms with E-state index in [1.807, 2.05) is 22.4 Å². The first kappa shape index (κ1) is 9.68. The topological polar surface area (TPSA) is 46.3 Å². The molecule has 1 aliphatic heterocycles. The van der Waals surface area contributed by atoms with E-state index in [1.54, 1.807) is 0 Å². The summed E-state index contributed by atoms with van der Waals surface area (Å²) >= 11 is 1.50. The Hall–Kier alpha value is -0.870. The van der Waals surface area contributed by atoms with E-state index in [0.717, 1.165) is 24.4 Å². The lowest BCUT2D eigenvalue weighted by Crippen LogP contribution is -2.29. The maximum atomic E-state index is 11.9. The summed E-state index contributed by atoms with van der Waals surface area (Å²) in [6.45, 7) is 2.38. The third-order valence-corrected chi connectivity index (χ3v) is 3.50. The first-order valence-corrected chi connectivity index (χ1v) is 5.72. The van der Waals surface area contributed by atoms with E-state index in [9.17, 15) is 4.79 Å². The van der Waals surface area contributed by atoms with Gasteiger partial charge in [-0.3, -0.25) is 4.79 Å². The smallest absolute Gasteiger partial charge is 0.263 e. The van der Waals surface area contributed by atoms with Crippen LogP contribution >= 0.6 is 11.3 Å². The van der Waals surface area contributed by atoms with Gasteiger partial charge in [0.15, 0.2) is 0 Å². The van der Waals surface area contributed by atoms with E-state index < -0.39 is 0 Å². The fourth-order valence-corrected chi connectivity index (χ4v) is 2.46. The highest BCUT2D eigenvalue weighted by Crippen LogP contribution is 2.19. The Labute approximate surface area is 87.5 Å². The van der Waals surface area contributed by atoms with Gasteiger partial charge in [0, 0.05) is 13.1 Å². The molecule has 1 atom stereocenters. The molecule has 14 heavy (non-hydrogen) atoms. The highest BCUT2D eigenvalue weighted by molar-refractivity contribution is 7.12. The van der Waals surface area contributed by atoms with Gasteiger partial charge in [0.25, 0.3) is 5.91 Å². The molecular weight excluding hydrogens is 196 g/mol. The van der Waals surface area contributed by atoms with Crippen molar-refractivity contribution in [2.24, 2.45) is 11.7 Å². The second-order valence-electron chi connectivity index (χ2n) is 3.62. The van der Waals surface area contributed by atoms with E-state index in [1.165, 1.54) is 11.3 Å². The predicted octanol–water partition coefficient (Wildman–Crippen LogP) is 1.17. The Morgan fingerprint density at radius 2 is 2.57 bits per heavy atom. The largest absolute Gasteiger partial charge is 0.338 e. The molecule has 3 nitrogen and oxygen atoms in total. The lowest BCUT2D eigenvalue weighted by Gasteiger charge is -2.14. The number of carbonyl (C=O) groups is 1. The molecule has 0 aromatic carbocycles. The summed E-state index contributed by atoms with van der Waals surface area (Å²) in [4.78, 5) is 14.6. The predicted molar refractivity (Wildman–Crippen MR) is 57.4 cm³/mol. The average Bonchev–Trinajstić information content (AvgIpc) is 2.88. The molecule has 4 heteroatoms. The zero-order valence-electron chi connectivity index (χ0n) is 7.98. The van der Waals surface area contributed by atoms with Crippen LogP contribution in [0.1, 0.15) is 16.1 Å². The van der Waals surface area contributed by atoms with Gasteiger partial charge in [-0.25, -0.2) is 0 Å². The molecule has 1 fully saturated rings. The molecule has 1 aliphatic rings. The van der Waals surface area contributed by atoms with Gasteiger partial charge in [-0.05, 0) is 30.3 Å². The van der Waals surface area contributed by atoms with E-state index in [0.29, 0.717) is 12.5 Å². The minimum absolute atomic E-state index is 0.163. The van der Waals surface area contributed by atoms with Gasteiger partial charge in [-0.2, -0.15) is 0 Å². The SMILES string of the molecule is NCC1CCN(C(=O)c2cccs2)C1. The van der Waals surface area contributed by atoms with Crippen LogP contribution in [0.25, 0.3) is 0 Å². The molecule has 1 amide bonds. The van der Waals surface area contributed by atoms with Crippen LogP contribution in [0.3, 0.4) is 0 Å². The first-order valence-electron chi connectivity index (χ1n) is 4.84. The van der Waals surface area contributed by atoms with Crippen molar-refractivity contribution in [1.29, 1.82) is 0 Å². The summed E-state index contributed by atoms with van der Waals surface area (Å²) in [5.41, 5.74) is 5.58. The molecule has 0 aliphatic carbocycles. The number of nitrogens with zero attached hydrogens (tertiary/aromatic N) is 1. The normalized spacial score (nSPS) is 21.5. The van der Waals surface area contributed by atoms with Crippen LogP contribution in [0.2, 0.25) is 0 Å². The van der Waals surface area contributed by atoms with Crippen molar-refractivity contribution in [2.75, 3.05) is 19.6 Å². The van der Waals surface area contributed by atoms with E-state index in [4.69, 9.17) is 5.73 Å². The van der Waals surface area contributed by atoms with Crippen LogP contribution in [0.4, 0.5) is 0 Å². The maximum Gasteiger partial charge on any atom is 0.263 e. The summed E-state index contributed by atoms with van der Waals surface area (Å²) in [6.07, 6.45) is 1.05. The number of hydrogen-bond donors (Lipinski definition) is 1. The van der Waals surface area contributed by atoms with Crippen LogP contribution in [-0.2, 0) is 0 Å². The molecule has 1 aromatic rings. The summed E-state index contributed by atoms with van der Waals surface area (Å²) in [5, 5.41) is 1.93. The summed E-state index contributed by atoms with van der Waals surface area (Å²) in [6, 6.07) is 3.79. The Morgan fingerprint density at radius 3 is 3.14 bits per heavy atom. The summed E-state index contributed by atoms with van der Waals surface area (Å²) in [7, 11) is 0. The number of carbonyl (C=O) groups excluding carboxylic acids is 1. The molecule has 1 saturated heterocycles. The molecule has 0 spiro atoms. The highest BCUT2D eigenvalue weighted by atomic mass is 32.1. The van der Waals surface area contributed by atoms with Crippen molar-refractivity contribution in [3.8, 4) is 0 Å². The molecule has 2 heterocycles. The fourth-order valence-electron chi connectivity index (χ4n) is 1.77. The van der Waals surface area contributed by atoms with Gasteiger partial charge >= 0.3 is 0 Å². The third-order valence-electron chi connectivity index (χ3n) is 2.64. The lowest BCUT2D eigenvalue weighted by molar-refractivity contribution is 0.0792. The molecular formula is C10H14N2OS. The van der Waals surface area contributed by atoms with E-state index >= 15 is 0 Å². The molecule has 0 bridgehead atoms. The number of nitrogens with two attached hydrogens (primary N) is 1. The Kier molecular flexibility index (Phi) is 2.84. The van der Waals surface area contributed by atoms with Crippen LogP contribution in [0, 0.1) is 5.92 Å². The van der Waals surface area contributed by atoms with Crippen molar-refractivity contribution >= 4 is 17.2 Å². The van der Waals surface area contributed by atoms with Crippen molar-refractivity contribution in [2.45, 2.75) is 6.42 Å². The van der Waals surface area contributed by atoms with Crippen LogP contribution in [0.5, 0.6) is 0 Å². The van der Waals surface area contributed by atoms with Gasteiger partial charge in [0.2, 0.25) is 0 Å². The van der Waals surface area contributed by atoms with Crippen molar-refractivity contribution < 1.29 is 4.79 Å². The quantitative estimate of drug-likeness (QED) is 0.796. The minimum atomic E-state index is 0.163. The molecule has 2 N–H and O–H groups in total. The fraction of sp³-hybridized carbons (Fsp3) is 0.500. The monoisotopic (exact) mass is 210 g/mol. The summed E-state index contributed by atoms with van der Waals surface area (Å²) in [5.74, 6) is 0.662. The van der Waals surface area contributed by atoms with Crippen molar-refractivity contribution in [3.63, 3.8) is 0 Å². The van der Waals surface area contributed by atoms with Crippen molar-refractivity contribution in [3.05, 3.63) is 22.4 Å². The number of likely N-dealkylation sites (tertiary alicyclic amines) is 1. The van der Waals surface area contributed by atoms with Crippen LogP contribution in [-0.4, -0.2) is 30.4 Å². The number of thiophene rings is 1. The zero-order chi connectivity index (χ0) is 9.97. The number of hydrogen-bond acceptors (Lipinski definition) is 3. The van der Waals surface area contributed by atoms with Crippen LogP contribution in [0.15, 0.2) is 17.5 Å². The maximum absolute atomic E-state index is 11.9. The number of rotatable bonds is 2. The van der Waals surface area contributed by atoms with Gasteiger partial charge < -0.3 is 10.6 Å².